The number of carbonyl (C=O) groups excluding carboxylic acids is 1. The van der Waals surface area contributed by atoms with E-state index in [1.54, 1.807) is 7.11 Å². The van der Waals surface area contributed by atoms with Gasteiger partial charge in [0.2, 0.25) is 0 Å². The molecular weight excluding hydrogens is 312 g/mol. The molecule has 25 heavy (non-hydrogen) atoms. The van der Waals surface area contributed by atoms with Gasteiger partial charge in [-0.3, -0.25) is 9.69 Å². The zero-order valence-electron chi connectivity index (χ0n) is 15.0. The van der Waals surface area contributed by atoms with Gasteiger partial charge in [-0.1, -0.05) is 25.1 Å². The van der Waals surface area contributed by atoms with Gasteiger partial charge in [-0.25, -0.2) is 0 Å². The number of carbonyl (C=O) groups is 1. The molecule has 1 N–H and O–H groups in total. The summed E-state index contributed by atoms with van der Waals surface area (Å²) in [6.45, 7) is 4.82. The van der Waals surface area contributed by atoms with Crippen molar-refractivity contribution in [1.29, 1.82) is 0 Å². The summed E-state index contributed by atoms with van der Waals surface area (Å²) in [6, 6.07) is 9.42. The Labute approximate surface area is 148 Å². The predicted octanol–water partition coefficient (Wildman–Crippen LogP) is 2.79. The highest BCUT2D eigenvalue weighted by molar-refractivity contribution is 5.82. The van der Waals surface area contributed by atoms with Crippen molar-refractivity contribution in [2.45, 2.75) is 49.6 Å². The van der Waals surface area contributed by atoms with E-state index in [-0.39, 0.29) is 28.3 Å². The Morgan fingerprint density at radius 1 is 1.28 bits per heavy atom. The molecule has 2 bridgehead atoms. The zero-order valence-corrected chi connectivity index (χ0v) is 15.0. The number of fused-ring (bicyclic) bond motifs is 1. The first-order chi connectivity index (χ1) is 12.1. The Hall–Kier alpha value is -1.55. The minimum absolute atomic E-state index is 0.00844. The molecule has 0 radical (unpaired) electrons. The summed E-state index contributed by atoms with van der Waals surface area (Å²) in [6.07, 6.45) is 4.69. The Morgan fingerprint density at radius 3 is 2.96 bits per heavy atom. The van der Waals surface area contributed by atoms with Crippen LogP contribution in [0.1, 0.15) is 38.2 Å². The smallest absolute Gasteiger partial charge is 0.311 e. The van der Waals surface area contributed by atoms with Crippen LogP contribution in [0.2, 0.25) is 0 Å². The van der Waals surface area contributed by atoms with Gasteiger partial charge in [-0.05, 0) is 61.7 Å². The molecule has 0 unspecified atom stereocenters. The second-order valence-corrected chi connectivity index (χ2v) is 9.04. The minimum atomic E-state index is -0.173. The fourth-order valence-electron chi connectivity index (χ4n) is 8.44. The number of hydrogen-bond acceptors (Lipinski definition) is 4. The molecule has 4 nitrogen and oxygen atoms in total. The third-order valence-electron chi connectivity index (χ3n) is 8.91. The van der Waals surface area contributed by atoms with Crippen molar-refractivity contribution >= 4 is 11.7 Å². The Bertz CT molecular complexity index is 794. The molecule has 4 fully saturated rings. The van der Waals surface area contributed by atoms with E-state index in [9.17, 15) is 4.79 Å². The van der Waals surface area contributed by atoms with Gasteiger partial charge in [0.25, 0.3) is 0 Å². The summed E-state index contributed by atoms with van der Waals surface area (Å²) in [5, 5.41) is 3.96. The van der Waals surface area contributed by atoms with Crippen LogP contribution in [0.3, 0.4) is 0 Å². The third kappa shape index (κ3) is 1.23. The first-order valence-electron chi connectivity index (χ1n) is 9.81. The van der Waals surface area contributed by atoms with Gasteiger partial charge in [-0.2, -0.15) is 0 Å². The standard InChI is InChI=1S/C21H26N2O2/c1-13-19-8-5-10-23-11-9-20(18(19)23)14-6-3-4-7-16(14)22-21(13,20)15(12-19)17(24)25-2/h3-4,6-7,13,15,18,22H,5,8-12H2,1-2H3/t13-,15-,18-,19-,20-,21+/m0/s1. The van der Waals surface area contributed by atoms with Crippen molar-refractivity contribution in [2.75, 3.05) is 25.5 Å². The summed E-state index contributed by atoms with van der Waals surface area (Å²) >= 11 is 0. The number of piperidine rings is 1. The van der Waals surface area contributed by atoms with E-state index in [2.05, 4.69) is 41.4 Å². The van der Waals surface area contributed by atoms with Gasteiger partial charge in [0.1, 0.15) is 0 Å². The number of hydrogen-bond donors (Lipinski definition) is 1. The molecule has 0 amide bonds. The van der Waals surface area contributed by atoms with Gasteiger partial charge in [-0.15, -0.1) is 0 Å². The molecule has 1 aromatic rings. The van der Waals surface area contributed by atoms with Crippen LogP contribution in [0, 0.1) is 17.3 Å². The van der Waals surface area contributed by atoms with E-state index in [0.717, 1.165) is 6.42 Å². The molecule has 5 aliphatic rings. The van der Waals surface area contributed by atoms with E-state index in [1.165, 1.54) is 43.6 Å². The second-order valence-electron chi connectivity index (χ2n) is 9.04. The number of methoxy groups -OCH3 is 1. The Kier molecular flexibility index (Phi) is 2.47. The normalized spacial score (nSPS) is 48.6. The van der Waals surface area contributed by atoms with Gasteiger partial charge in [0, 0.05) is 17.1 Å². The third-order valence-corrected chi connectivity index (χ3v) is 8.91. The SMILES string of the molecule is COC(=O)[C@@H]1C[C@@]23CCCN4CC[C@]5(c6ccccc6N[C@]15[C@H]2C)[C@@H]43. The van der Waals surface area contributed by atoms with Crippen molar-refractivity contribution < 1.29 is 9.53 Å². The first kappa shape index (κ1) is 14.6. The molecule has 2 saturated heterocycles. The highest BCUT2D eigenvalue weighted by atomic mass is 16.5. The van der Waals surface area contributed by atoms with Gasteiger partial charge < -0.3 is 10.1 Å². The molecule has 3 spiro atoms. The predicted molar refractivity (Wildman–Crippen MR) is 95.4 cm³/mol. The van der Waals surface area contributed by atoms with E-state index < -0.39 is 0 Å². The quantitative estimate of drug-likeness (QED) is 0.800. The number of nitrogens with one attached hydrogen (secondary N) is 1. The lowest BCUT2D eigenvalue weighted by Gasteiger charge is -2.52. The summed E-state index contributed by atoms with van der Waals surface area (Å²) in [5.74, 6) is 0.449. The number of nitrogens with zero attached hydrogens (tertiary/aromatic N) is 1. The molecule has 2 aliphatic carbocycles. The van der Waals surface area contributed by atoms with Crippen LogP contribution in [0.5, 0.6) is 0 Å². The lowest BCUT2D eigenvalue weighted by atomic mass is 9.56. The summed E-state index contributed by atoms with van der Waals surface area (Å²) in [5.41, 5.74) is 2.88. The Balaban J connectivity index is 1.67. The topological polar surface area (TPSA) is 41.6 Å². The van der Waals surface area contributed by atoms with E-state index in [1.807, 2.05) is 0 Å². The number of esters is 1. The maximum absolute atomic E-state index is 12.9. The maximum Gasteiger partial charge on any atom is 0.311 e. The largest absolute Gasteiger partial charge is 0.469 e. The molecule has 6 atom stereocenters. The van der Waals surface area contributed by atoms with Gasteiger partial charge >= 0.3 is 5.97 Å². The monoisotopic (exact) mass is 338 g/mol. The zero-order chi connectivity index (χ0) is 17.0. The Morgan fingerprint density at radius 2 is 2.12 bits per heavy atom. The van der Waals surface area contributed by atoms with Crippen molar-refractivity contribution in [1.82, 2.24) is 4.90 Å². The van der Waals surface area contributed by atoms with Crippen LogP contribution >= 0.6 is 0 Å². The fourth-order valence-corrected chi connectivity index (χ4v) is 8.44. The van der Waals surface area contributed by atoms with Crippen LogP contribution in [-0.4, -0.2) is 42.6 Å². The molecule has 3 heterocycles. The highest BCUT2D eigenvalue weighted by Gasteiger charge is 2.86. The van der Waals surface area contributed by atoms with Crippen molar-refractivity contribution in [2.24, 2.45) is 17.3 Å². The van der Waals surface area contributed by atoms with E-state index >= 15 is 0 Å². The molecular formula is C21H26N2O2. The minimum Gasteiger partial charge on any atom is -0.469 e. The number of rotatable bonds is 1. The number of benzene rings is 1. The molecule has 3 aliphatic heterocycles. The van der Waals surface area contributed by atoms with Crippen LogP contribution in [0.4, 0.5) is 5.69 Å². The highest BCUT2D eigenvalue weighted by Crippen LogP contribution is 2.79. The first-order valence-corrected chi connectivity index (χ1v) is 9.81. The summed E-state index contributed by atoms with van der Waals surface area (Å²) in [7, 11) is 1.56. The fraction of sp³-hybridized carbons (Fsp3) is 0.667. The average Bonchev–Trinajstić information content (AvgIpc) is 3.29. The molecule has 1 aromatic carbocycles. The van der Waals surface area contributed by atoms with Crippen molar-refractivity contribution in [3.05, 3.63) is 29.8 Å². The van der Waals surface area contributed by atoms with Crippen LogP contribution < -0.4 is 5.32 Å². The van der Waals surface area contributed by atoms with Crippen LogP contribution in [-0.2, 0) is 14.9 Å². The van der Waals surface area contributed by atoms with Gasteiger partial charge in [0.15, 0.2) is 0 Å². The van der Waals surface area contributed by atoms with E-state index in [4.69, 9.17) is 4.74 Å². The summed E-state index contributed by atoms with van der Waals surface area (Å²) in [4.78, 5) is 15.7. The number of ether oxygens (including phenoxy) is 1. The molecule has 6 rings (SSSR count). The van der Waals surface area contributed by atoms with Crippen molar-refractivity contribution in [3.8, 4) is 0 Å². The number of para-hydroxylation sites is 1. The maximum atomic E-state index is 12.9. The van der Waals surface area contributed by atoms with Crippen molar-refractivity contribution in [3.63, 3.8) is 0 Å². The summed E-state index contributed by atoms with van der Waals surface area (Å²) < 4.78 is 5.32. The number of anilines is 1. The van der Waals surface area contributed by atoms with E-state index in [0.29, 0.717) is 12.0 Å². The molecule has 4 heteroatoms. The molecule has 2 saturated carbocycles. The van der Waals surface area contributed by atoms with Gasteiger partial charge in [0.05, 0.1) is 18.6 Å². The van der Waals surface area contributed by atoms with Crippen LogP contribution in [0.25, 0.3) is 0 Å². The average molecular weight is 338 g/mol. The molecule has 0 aromatic heterocycles. The lowest BCUT2D eigenvalue weighted by Crippen LogP contribution is -2.63. The van der Waals surface area contributed by atoms with Crippen LogP contribution in [0.15, 0.2) is 24.3 Å². The second kappa shape index (κ2) is 4.22. The lowest BCUT2D eigenvalue weighted by molar-refractivity contribution is -0.150. The molecule has 132 valence electrons.